The number of nitrogens with one attached hydrogen (secondary N) is 1. The summed E-state index contributed by atoms with van der Waals surface area (Å²) >= 11 is 0. The molecule has 2 aliphatic heterocycles. The van der Waals surface area contributed by atoms with Crippen LogP contribution in [-0.2, 0) is 4.79 Å². The Morgan fingerprint density at radius 2 is 1.56 bits per heavy atom. The van der Waals surface area contributed by atoms with E-state index >= 15 is 0 Å². The zero-order valence-corrected chi connectivity index (χ0v) is 15.7. The van der Waals surface area contributed by atoms with Crippen LogP contribution in [0.1, 0.15) is 31.2 Å². The van der Waals surface area contributed by atoms with Gasteiger partial charge in [-0.05, 0) is 50.3 Å². The van der Waals surface area contributed by atoms with E-state index < -0.39 is 0 Å². The zero-order chi connectivity index (χ0) is 19.0. The molecule has 6 nitrogen and oxygen atoms in total. The van der Waals surface area contributed by atoms with Gasteiger partial charge in [0.05, 0.1) is 0 Å². The minimum absolute atomic E-state index is 0.0324. The van der Waals surface area contributed by atoms with E-state index in [0.717, 1.165) is 37.2 Å². The van der Waals surface area contributed by atoms with Crippen LogP contribution in [0.4, 0.5) is 17.1 Å². The highest BCUT2D eigenvalue weighted by atomic mass is 16.2. The van der Waals surface area contributed by atoms with Crippen molar-refractivity contribution in [3.05, 3.63) is 50.3 Å². The molecule has 2 fully saturated rings. The van der Waals surface area contributed by atoms with Crippen LogP contribution in [0.3, 0.4) is 0 Å². The van der Waals surface area contributed by atoms with Crippen LogP contribution in [-0.4, -0.2) is 32.1 Å². The van der Waals surface area contributed by atoms with E-state index in [1.165, 1.54) is 0 Å². The largest absolute Gasteiger partial charge is 0.366 e. The summed E-state index contributed by atoms with van der Waals surface area (Å²) in [5.41, 5.74) is 2.42. The smallest absolute Gasteiger partial charge is 0.253 e. The Labute approximate surface area is 158 Å². The quantitative estimate of drug-likeness (QED) is 0.838. The van der Waals surface area contributed by atoms with E-state index in [1.54, 1.807) is 0 Å². The number of aryl methyl sites for hydroxylation is 1. The molecule has 0 radical (unpaired) electrons. The van der Waals surface area contributed by atoms with Crippen LogP contribution >= 0.6 is 0 Å². The first kappa shape index (κ1) is 17.8. The second kappa shape index (κ2) is 7.18. The van der Waals surface area contributed by atoms with Gasteiger partial charge in [0.25, 0.3) is 10.9 Å². The lowest BCUT2D eigenvalue weighted by molar-refractivity contribution is -0.120. The third-order valence-corrected chi connectivity index (χ3v) is 5.75. The number of amides is 1. The summed E-state index contributed by atoms with van der Waals surface area (Å²) in [5.74, 6) is -0.0338. The standard InChI is InChI=1S/C21H25N3O3/c1-14-5-4-6-16(13-14)22-21(27)15-7-11-24(12-8-15)18-17(19(25)20(18)26)23-9-2-3-10-23/h4-6,13,15H,2-3,7-12H2,1H3,(H,22,27). The molecule has 2 saturated heterocycles. The van der Waals surface area contributed by atoms with Crippen LogP contribution < -0.4 is 26.0 Å². The first-order chi connectivity index (χ1) is 13.0. The second-order valence-corrected chi connectivity index (χ2v) is 7.67. The van der Waals surface area contributed by atoms with E-state index in [2.05, 4.69) is 10.2 Å². The van der Waals surface area contributed by atoms with E-state index in [1.807, 2.05) is 36.1 Å². The van der Waals surface area contributed by atoms with Crippen molar-refractivity contribution in [1.29, 1.82) is 0 Å². The Bertz CT molecular complexity index is 915. The van der Waals surface area contributed by atoms with Gasteiger partial charge >= 0.3 is 0 Å². The maximum atomic E-state index is 12.6. The fourth-order valence-corrected chi connectivity index (χ4v) is 4.23. The summed E-state index contributed by atoms with van der Waals surface area (Å²) in [6.07, 6.45) is 3.52. The van der Waals surface area contributed by atoms with Gasteiger partial charge in [-0.3, -0.25) is 14.4 Å². The zero-order valence-electron chi connectivity index (χ0n) is 15.7. The Morgan fingerprint density at radius 3 is 2.15 bits per heavy atom. The number of benzene rings is 1. The normalized spacial score (nSPS) is 18.3. The molecule has 0 saturated carbocycles. The van der Waals surface area contributed by atoms with Crippen LogP contribution in [0.25, 0.3) is 0 Å². The van der Waals surface area contributed by atoms with Crippen molar-refractivity contribution in [3.8, 4) is 0 Å². The lowest BCUT2D eigenvalue weighted by Gasteiger charge is -2.35. The minimum atomic E-state index is -0.362. The molecule has 0 spiro atoms. The summed E-state index contributed by atoms with van der Waals surface area (Å²) in [6.45, 7) is 4.98. The molecule has 0 aromatic heterocycles. The topological polar surface area (TPSA) is 69.7 Å². The van der Waals surface area contributed by atoms with Gasteiger partial charge in [0, 0.05) is 37.8 Å². The van der Waals surface area contributed by atoms with Crippen molar-refractivity contribution in [2.24, 2.45) is 5.92 Å². The molecule has 142 valence electrons. The molecule has 2 aromatic rings. The van der Waals surface area contributed by atoms with Gasteiger partial charge < -0.3 is 15.1 Å². The van der Waals surface area contributed by atoms with Crippen LogP contribution in [0.5, 0.6) is 0 Å². The first-order valence-electron chi connectivity index (χ1n) is 9.75. The lowest BCUT2D eigenvalue weighted by Crippen LogP contribution is -2.48. The maximum Gasteiger partial charge on any atom is 0.253 e. The number of carbonyl (C=O) groups excluding carboxylic acids is 1. The summed E-state index contributed by atoms with van der Waals surface area (Å²) in [7, 11) is 0. The molecular weight excluding hydrogens is 342 g/mol. The van der Waals surface area contributed by atoms with Crippen molar-refractivity contribution in [3.63, 3.8) is 0 Å². The molecule has 2 heterocycles. The van der Waals surface area contributed by atoms with Crippen molar-refractivity contribution in [2.45, 2.75) is 32.6 Å². The van der Waals surface area contributed by atoms with Gasteiger partial charge in [-0.15, -0.1) is 0 Å². The highest BCUT2D eigenvalue weighted by molar-refractivity contribution is 5.92. The third-order valence-electron chi connectivity index (χ3n) is 5.75. The average Bonchev–Trinajstić information content (AvgIpc) is 3.19. The fourth-order valence-electron chi connectivity index (χ4n) is 4.23. The number of nitrogens with zero attached hydrogens (tertiary/aromatic N) is 2. The average molecular weight is 367 g/mol. The monoisotopic (exact) mass is 367 g/mol. The highest BCUT2D eigenvalue weighted by Crippen LogP contribution is 2.31. The number of carbonyl (C=O) groups is 1. The summed E-state index contributed by atoms with van der Waals surface area (Å²) in [5, 5.41) is 3.00. The molecule has 1 amide bonds. The maximum absolute atomic E-state index is 12.6. The van der Waals surface area contributed by atoms with E-state index in [0.29, 0.717) is 37.3 Å². The van der Waals surface area contributed by atoms with Crippen LogP contribution in [0.2, 0.25) is 0 Å². The molecular formula is C21H25N3O3. The minimum Gasteiger partial charge on any atom is -0.366 e. The fraction of sp³-hybridized carbons (Fsp3) is 0.476. The molecule has 0 atom stereocenters. The van der Waals surface area contributed by atoms with Gasteiger partial charge in [-0.25, -0.2) is 0 Å². The number of piperidine rings is 1. The van der Waals surface area contributed by atoms with Gasteiger partial charge in [0.1, 0.15) is 11.4 Å². The molecule has 0 unspecified atom stereocenters. The molecule has 2 aromatic carbocycles. The van der Waals surface area contributed by atoms with Gasteiger partial charge in [0.15, 0.2) is 0 Å². The van der Waals surface area contributed by atoms with E-state index in [9.17, 15) is 14.4 Å². The lowest BCUT2D eigenvalue weighted by atomic mass is 9.94. The van der Waals surface area contributed by atoms with Crippen molar-refractivity contribution >= 4 is 23.0 Å². The Kier molecular flexibility index (Phi) is 4.72. The molecule has 0 bridgehead atoms. The summed E-state index contributed by atoms with van der Waals surface area (Å²) in [4.78, 5) is 40.8. The summed E-state index contributed by atoms with van der Waals surface area (Å²) in [6, 6.07) is 7.78. The predicted molar refractivity (Wildman–Crippen MR) is 108 cm³/mol. The van der Waals surface area contributed by atoms with Gasteiger partial charge in [-0.2, -0.15) is 0 Å². The Balaban J connectivity index is 1.39. The van der Waals surface area contributed by atoms with E-state index in [-0.39, 0.29) is 22.7 Å². The number of rotatable bonds is 4. The van der Waals surface area contributed by atoms with E-state index in [4.69, 9.17) is 0 Å². The molecule has 2 aliphatic rings. The Hall–Kier alpha value is -2.63. The Morgan fingerprint density at radius 1 is 0.963 bits per heavy atom. The molecule has 4 rings (SSSR count). The molecule has 0 aliphatic carbocycles. The van der Waals surface area contributed by atoms with Crippen LogP contribution in [0, 0.1) is 12.8 Å². The van der Waals surface area contributed by atoms with Crippen LogP contribution in [0.15, 0.2) is 33.9 Å². The molecule has 6 heteroatoms. The second-order valence-electron chi connectivity index (χ2n) is 7.67. The SMILES string of the molecule is Cc1cccc(NC(=O)C2CCN(c3c(N4CCCC4)c(=O)c3=O)CC2)c1. The number of hydrogen-bond acceptors (Lipinski definition) is 5. The highest BCUT2D eigenvalue weighted by Gasteiger charge is 2.34. The van der Waals surface area contributed by atoms with Crippen molar-refractivity contribution < 1.29 is 4.79 Å². The first-order valence-corrected chi connectivity index (χ1v) is 9.75. The molecule has 1 N–H and O–H groups in total. The van der Waals surface area contributed by atoms with Gasteiger partial charge in [0.2, 0.25) is 5.91 Å². The van der Waals surface area contributed by atoms with Crippen molar-refractivity contribution in [1.82, 2.24) is 0 Å². The third kappa shape index (κ3) is 3.36. The number of anilines is 3. The summed E-state index contributed by atoms with van der Waals surface area (Å²) < 4.78 is 0. The van der Waals surface area contributed by atoms with Crippen molar-refractivity contribution in [2.75, 3.05) is 41.3 Å². The molecule has 27 heavy (non-hydrogen) atoms. The number of hydrogen-bond donors (Lipinski definition) is 1. The predicted octanol–water partition coefficient (Wildman–Crippen LogP) is 2.05. The van der Waals surface area contributed by atoms with Gasteiger partial charge in [-0.1, -0.05) is 12.1 Å².